The molecule has 0 saturated carbocycles. The molecule has 26 heavy (non-hydrogen) atoms. The Hall–Kier alpha value is -1.48. The lowest BCUT2D eigenvalue weighted by molar-refractivity contribution is -0.223. The number of carbonyl (C=O) groups excluding carboxylic acids is 2. The Bertz CT molecular complexity index is 646. The van der Waals surface area contributed by atoms with E-state index in [2.05, 4.69) is 4.90 Å². The lowest BCUT2D eigenvalue weighted by Gasteiger charge is -2.45. The molecule has 2 saturated heterocycles. The Kier molecular flexibility index (Phi) is 4.46. The van der Waals surface area contributed by atoms with Gasteiger partial charge >= 0.3 is 11.9 Å². The molecule has 3 rings (SSSR count). The molecule has 3 N–H and O–H groups in total. The second kappa shape index (κ2) is 6.02. The van der Waals surface area contributed by atoms with E-state index in [-0.39, 0.29) is 12.6 Å². The van der Waals surface area contributed by atoms with E-state index in [4.69, 9.17) is 9.47 Å². The monoisotopic (exact) mass is 369 g/mol. The van der Waals surface area contributed by atoms with E-state index in [1.807, 2.05) is 6.08 Å². The fourth-order valence-corrected chi connectivity index (χ4v) is 4.33. The molecular weight excluding hydrogens is 342 g/mol. The first-order valence-corrected chi connectivity index (χ1v) is 8.85. The predicted molar refractivity (Wildman–Crippen MR) is 89.9 cm³/mol. The van der Waals surface area contributed by atoms with Crippen molar-refractivity contribution in [1.82, 2.24) is 4.90 Å². The predicted octanol–water partition coefficient (Wildman–Crippen LogP) is -0.642. The molecule has 0 spiro atoms. The SMILES string of the molecule is CC(C)(O)C1C(=O)OC2CCN3CC=C(COC(=O)C(C)(O)C1(C)O)C23. The van der Waals surface area contributed by atoms with Crippen LogP contribution in [0.2, 0.25) is 0 Å². The molecule has 0 amide bonds. The highest BCUT2D eigenvalue weighted by molar-refractivity contribution is 5.84. The molecule has 0 aromatic rings. The van der Waals surface area contributed by atoms with Crippen molar-refractivity contribution < 1.29 is 34.4 Å². The van der Waals surface area contributed by atoms with Crippen molar-refractivity contribution in [3.63, 3.8) is 0 Å². The van der Waals surface area contributed by atoms with Gasteiger partial charge in [0, 0.05) is 13.1 Å². The van der Waals surface area contributed by atoms with Crippen LogP contribution in [0.4, 0.5) is 0 Å². The van der Waals surface area contributed by atoms with Crippen LogP contribution in [-0.2, 0) is 19.1 Å². The van der Waals surface area contributed by atoms with Gasteiger partial charge in [0.25, 0.3) is 0 Å². The smallest absolute Gasteiger partial charge is 0.341 e. The fourth-order valence-electron chi connectivity index (χ4n) is 4.33. The molecule has 0 aromatic carbocycles. The summed E-state index contributed by atoms with van der Waals surface area (Å²) in [5.41, 5.74) is -5.67. The summed E-state index contributed by atoms with van der Waals surface area (Å²) in [6, 6.07) is -0.192. The molecule has 0 radical (unpaired) electrons. The second-order valence-corrected chi connectivity index (χ2v) is 8.37. The van der Waals surface area contributed by atoms with Crippen molar-refractivity contribution >= 4 is 11.9 Å². The normalized spacial score (nSPS) is 41.8. The number of cyclic esters (lactones) is 1. The molecule has 0 bridgehead atoms. The average Bonchev–Trinajstić information content (AvgIpc) is 3.05. The number of rotatable bonds is 1. The third kappa shape index (κ3) is 2.85. The Balaban J connectivity index is 2.06. The van der Waals surface area contributed by atoms with Gasteiger partial charge in [0.2, 0.25) is 0 Å². The topological polar surface area (TPSA) is 117 Å². The van der Waals surface area contributed by atoms with Crippen molar-refractivity contribution in [3.8, 4) is 0 Å². The highest BCUT2D eigenvalue weighted by Gasteiger charge is 2.61. The summed E-state index contributed by atoms with van der Waals surface area (Å²) in [7, 11) is 0. The summed E-state index contributed by atoms with van der Waals surface area (Å²) in [5, 5.41) is 32.2. The maximum atomic E-state index is 12.9. The molecular formula is C18H27NO7. The van der Waals surface area contributed by atoms with Gasteiger partial charge in [-0.3, -0.25) is 9.69 Å². The molecule has 3 heterocycles. The minimum atomic E-state index is -2.42. The summed E-state index contributed by atoms with van der Waals surface area (Å²) in [6.07, 6.45) is 2.08. The van der Waals surface area contributed by atoms with Crippen LogP contribution in [0.3, 0.4) is 0 Å². The van der Waals surface area contributed by atoms with Crippen LogP contribution in [0.15, 0.2) is 11.6 Å². The maximum absolute atomic E-state index is 12.9. The minimum absolute atomic E-state index is 0.0481. The van der Waals surface area contributed by atoms with Gasteiger partial charge in [-0.1, -0.05) is 6.08 Å². The van der Waals surface area contributed by atoms with Crippen molar-refractivity contribution in [1.29, 1.82) is 0 Å². The van der Waals surface area contributed by atoms with Crippen LogP contribution in [0.25, 0.3) is 0 Å². The molecule has 5 atom stereocenters. The summed E-state index contributed by atoms with van der Waals surface area (Å²) < 4.78 is 10.9. The number of ether oxygens (including phenoxy) is 2. The molecule has 146 valence electrons. The summed E-state index contributed by atoms with van der Waals surface area (Å²) >= 11 is 0. The van der Waals surface area contributed by atoms with Crippen molar-refractivity contribution in [2.75, 3.05) is 19.7 Å². The van der Waals surface area contributed by atoms with Gasteiger partial charge in [-0.2, -0.15) is 0 Å². The number of nitrogens with zero attached hydrogens (tertiary/aromatic N) is 1. The van der Waals surface area contributed by atoms with Gasteiger partial charge in [-0.15, -0.1) is 0 Å². The highest BCUT2D eigenvalue weighted by atomic mass is 16.6. The summed E-state index contributed by atoms with van der Waals surface area (Å²) in [6.45, 7) is 6.24. The Morgan fingerprint density at radius 3 is 2.54 bits per heavy atom. The number of aliphatic hydroxyl groups is 3. The molecule has 0 aromatic heterocycles. The van der Waals surface area contributed by atoms with E-state index in [0.717, 1.165) is 26.0 Å². The largest absolute Gasteiger partial charge is 0.460 e. The zero-order chi connectivity index (χ0) is 19.5. The lowest BCUT2D eigenvalue weighted by atomic mass is 9.69. The fraction of sp³-hybridized carbons (Fsp3) is 0.778. The van der Waals surface area contributed by atoms with Crippen LogP contribution in [0, 0.1) is 5.92 Å². The Labute approximate surface area is 152 Å². The summed E-state index contributed by atoms with van der Waals surface area (Å²) in [5.74, 6) is -3.46. The van der Waals surface area contributed by atoms with Crippen LogP contribution in [-0.4, -0.2) is 80.8 Å². The first-order valence-electron chi connectivity index (χ1n) is 8.85. The van der Waals surface area contributed by atoms with Crippen LogP contribution >= 0.6 is 0 Å². The van der Waals surface area contributed by atoms with E-state index >= 15 is 0 Å². The number of esters is 2. The van der Waals surface area contributed by atoms with Gasteiger partial charge in [-0.25, -0.2) is 4.79 Å². The van der Waals surface area contributed by atoms with Gasteiger partial charge in [-0.05, 0) is 39.7 Å². The molecule has 2 fully saturated rings. The maximum Gasteiger partial charge on any atom is 0.341 e. The molecule has 0 aliphatic carbocycles. The molecule has 8 heteroatoms. The lowest BCUT2D eigenvalue weighted by Crippen LogP contribution is -2.66. The third-order valence-electron chi connectivity index (χ3n) is 5.94. The minimum Gasteiger partial charge on any atom is -0.460 e. The van der Waals surface area contributed by atoms with Crippen molar-refractivity contribution in [3.05, 3.63) is 11.6 Å². The first kappa shape index (κ1) is 19.3. The molecule has 8 nitrogen and oxygen atoms in total. The number of hydrogen-bond donors (Lipinski definition) is 3. The van der Waals surface area contributed by atoms with Gasteiger partial charge < -0.3 is 24.8 Å². The second-order valence-electron chi connectivity index (χ2n) is 8.37. The number of carbonyl (C=O) groups is 2. The van der Waals surface area contributed by atoms with E-state index in [1.54, 1.807) is 0 Å². The van der Waals surface area contributed by atoms with Crippen LogP contribution in [0.5, 0.6) is 0 Å². The highest BCUT2D eigenvalue weighted by Crippen LogP contribution is 2.40. The number of hydrogen-bond acceptors (Lipinski definition) is 8. The summed E-state index contributed by atoms with van der Waals surface area (Å²) in [4.78, 5) is 27.6. The average molecular weight is 369 g/mol. The van der Waals surface area contributed by atoms with Gasteiger partial charge in [0.15, 0.2) is 5.60 Å². The van der Waals surface area contributed by atoms with E-state index < -0.39 is 40.8 Å². The van der Waals surface area contributed by atoms with Crippen LogP contribution < -0.4 is 0 Å². The Morgan fingerprint density at radius 2 is 1.92 bits per heavy atom. The zero-order valence-corrected chi connectivity index (χ0v) is 15.6. The van der Waals surface area contributed by atoms with E-state index in [1.165, 1.54) is 13.8 Å². The van der Waals surface area contributed by atoms with Crippen molar-refractivity contribution in [2.45, 2.75) is 63.1 Å². The van der Waals surface area contributed by atoms with E-state index in [9.17, 15) is 24.9 Å². The van der Waals surface area contributed by atoms with Gasteiger partial charge in [0.05, 0.1) is 11.6 Å². The Morgan fingerprint density at radius 1 is 1.27 bits per heavy atom. The van der Waals surface area contributed by atoms with Gasteiger partial charge in [0.1, 0.15) is 24.2 Å². The molecule has 3 aliphatic rings. The van der Waals surface area contributed by atoms with Crippen molar-refractivity contribution in [2.24, 2.45) is 5.92 Å². The molecule has 5 unspecified atom stereocenters. The standard InChI is InChI=1S/C18H27NO7/c1-16(2,22)13-14(20)26-11-6-8-19-7-5-10(12(11)19)9-25-15(21)18(4,24)17(13,3)23/h5,11-13,22-24H,6-9H2,1-4H3. The van der Waals surface area contributed by atoms with Crippen LogP contribution in [0.1, 0.15) is 34.1 Å². The van der Waals surface area contributed by atoms with E-state index in [0.29, 0.717) is 13.0 Å². The molecule has 3 aliphatic heterocycles. The third-order valence-corrected chi connectivity index (χ3v) is 5.94. The first-order chi connectivity index (χ1) is 11.9. The quantitative estimate of drug-likeness (QED) is 0.413. The zero-order valence-electron chi connectivity index (χ0n) is 15.6.